The summed E-state index contributed by atoms with van der Waals surface area (Å²) < 4.78 is 0. The fraction of sp³-hybridized carbons (Fsp3) is 0.278. The number of rotatable bonds is 5. The van der Waals surface area contributed by atoms with Crippen molar-refractivity contribution in [1.82, 2.24) is 10.2 Å². The Morgan fingerprint density at radius 1 is 1.12 bits per heavy atom. The summed E-state index contributed by atoms with van der Waals surface area (Å²) in [4.78, 5) is 38.8. The highest BCUT2D eigenvalue weighted by molar-refractivity contribution is 7.12. The van der Waals surface area contributed by atoms with Gasteiger partial charge in [0.05, 0.1) is 22.1 Å². The molecule has 1 fully saturated rings. The predicted octanol–water partition coefficient (Wildman–Crippen LogP) is 3.01. The lowest BCUT2D eigenvalue weighted by atomic mass is 10.2. The van der Waals surface area contributed by atoms with Crippen molar-refractivity contribution < 1.29 is 14.4 Å². The molecule has 136 valence electrons. The molecule has 1 aliphatic rings. The van der Waals surface area contributed by atoms with Gasteiger partial charge >= 0.3 is 0 Å². The largest absolute Gasteiger partial charge is 0.343 e. The molecule has 2 aromatic rings. The molecule has 26 heavy (non-hydrogen) atoms. The molecule has 1 saturated heterocycles. The maximum absolute atomic E-state index is 12.3. The first kappa shape index (κ1) is 18.4. The van der Waals surface area contributed by atoms with E-state index in [0.29, 0.717) is 21.2 Å². The normalized spacial score (nSPS) is 13.5. The van der Waals surface area contributed by atoms with Crippen LogP contribution in [0.3, 0.4) is 0 Å². The van der Waals surface area contributed by atoms with Crippen LogP contribution in [0.5, 0.6) is 0 Å². The number of anilines is 1. The van der Waals surface area contributed by atoms with E-state index in [1.807, 2.05) is 0 Å². The van der Waals surface area contributed by atoms with Gasteiger partial charge in [-0.25, -0.2) is 0 Å². The van der Waals surface area contributed by atoms with Gasteiger partial charge in [0, 0.05) is 18.7 Å². The molecule has 8 heteroatoms. The maximum atomic E-state index is 12.3. The summed E-state index contributed by atoms with van der Waals surface area (Å²) in [5, 5.41) is 7.46. The average Bonchev–Trinajstić information content (AvgIpc) is 3.34. The second-order valence-electron chi connectivity index (χ2n) is 5.90. The smallest absolute Gasteiger partial charge is 0.265 e. The molecule has 1 aromatic carbocycles. The van der Waals surface area contributed by atoms with Crippen LogP contribution in [0.4, 0.5) is 5.69 Å². The summed E-state index contributed by atoms with van der Waals surface area (Å²) in [6.07, 6.45) is 2.01. The van der Waals surface area contributed by atoms with Crippen LogP contribution in [0.1, 0.15) is 32.9 Å². The Bertz CT molecular complexity index is 817. The van der Waals surface area contributed by atoms with E-state index >= 15 is 0 Å². The quantitative estimate of drug-likeness (QED) is 0.822. The number of likely N-dealkylation sites (tertiary alicyclic amines) is 1. The molecule has 1 aliphatic heterocycles. The first-order valence-electron chi connectivity index (χ1n) is 8.25. The van der Waals surface area contributed by atoms with Crippen molar-refractivity contribution in [3.8, 4) is 0 Å². The van der Waals surface area contributed by atoms with Crippen LogP contribution in [-0.2, 0) is 4.79 Å². The van der Waals surface area contributed by atoms with Crippen molar-refractivity contribution in [2.24, 2.45) is 0 Å². The molecule has 6 nitrogen and oxygen atoms in total. The van der Waals surface area contributed by atoms with E-state index in [9.17, 15) is 14.4 Å². The van der Waals surface area contributed by atoms with Gasteiger partial charge in [0.2, 0.25) is 5.91 Å². The van der Waals surface area contributed by atoms with E-state index < -0.39 is 0 Å². The lowest BCUT2D eigenvalue weighted by molar-refractivity contribution is -0.129. The molecule has 0 unspecified atom stereocenters. The maximum Gasteiger partial charge on any atom is 0.265 e. The Balaban J connectivity index is 1.63. The summed E-state index contributed by atoms with van der Waals surface area (Å²) in [7, 11) is 0. The second-order valence-corrected chi connectivity index (χ2v) is 7.25. The molecule has 3 rings (SSSR count). The van der Waals surface area contributed by atoms with E-state index in [0.717, 1.165) is 25.9 Å². The zero-order chi connectivity index (χ0) is 18.5. The number of amides is 3. The monoisotopic (exact) mass is 391 g/mol. The summed E-state index contributed by atoms with van der Waals surface area (Å²) in [6.45, 7) is 1.45. The molecule has 2 N–H and O–H groups in total. The van der Waals surface area contributed by atoms with E-state index in [-0.39, 0.29) is 24.3 Å². The van der Waals surface area contributed by atoms with Gasteiger partial charge in [-0.15, -0.1) is 11.3 Å². The Hall–Kier alpha value is -2.38. The first-order valence-corrected chi connectivity index (χ1v) is 9.51. The van der Waals surface area contributed by atoms with E-state index in [4.69, 9.17) is 11.6 Å². The fourth-order valence-corrected chi connectivity index (χ4v) is 3.47. The highest BCUT2D eigenvalue weighted by Crippen LogP contribution is 2.24. The molecule has 0 aliphatic carbocycles. The van der Waals surface area contributed by atoms with Gasteiger partial charge < -0.3 is 15.5 Å². The standard InChI is InChI=1S/C18H18ClN3O3S/c19-13-6-5-12(10-14(13)21-18(25)15-4-3-9-26-15)17(24)20-11-16(23)22-7-1-2-8-22/h3-6,9-10H,1-2,7-8,11H2,(H,20,24)(H,21,25). The van der Waals surface area contributed by atoms with Crippen LogP contribution in [0, 0.1) is 0 Å². The van der Waals surface area contributed by atoms with Crippen molar-refractivity contribution in [2.75, 3.05) is 25.0 Å². The highest BCUT2D eigenvalue weighted by atomic mass is 35.5. The number of nitrogens with zero attached hydrogens (tertiary/aromatic N) is 1. The average molecular weight is 392 g/mol. The fourth-order valence-electron chi connectivity index (χ4n) is 2.69. The first-order chi connectivity index (χ1) is 12.5. The third kappa shape index (κ3) is 4.42. The molecule has 1 aromatic heterocycles. The molecule has 2 heterocycles. The minimum atomic E-state index is -0.388. The Labute approximate surface area is 160 Å². The van der Waals surface area contributed by atoms with Gasteiger partial charge in [-0.1, -0.05) is 17.7 Å². The summed E-state index contributed by atoms with van der Waals surface area (Å²) in [6, 6.07) is 8.09. The molecule has 0 spiro atoms. The van der Waals surface area contributed by atoms with Crippen molar-refractivity contribution in [2.45, 2.75) is 12.8 Å². The third-order valence-corrected chi connectivity index (χ3v) is 5.28. The van der Waals surface area contributed by atoms with Gasteiger partial charge in [-0.3, -0.25) is 14.4 Å². The molecule has 0 saturated carbocycles. The molecular weight excluding hydrogens is 374 g/mol. The zero-order valence-electron chi connectivity index (χ0n) is 14.0. The molecule has 0 atom stereocenters. The number of hydrogen-bond acceptors (Lipinski definition) is 4. The van der Waals surface area contributed by atoms with Crippen LogP contribution >= 0.6 is 22.9 Å². The van der Waals surface area contributed by atoms with Gasteiger partial charge in [0.25, 0.3) is 11.8 Å². The van der Waals surface area contributed by atoms with Gasteiger partial charge in [-0.05, 0) is 42.5 Å². The molecule has 3 amide bonds. The lowest BCUT2D eigenvalue weighted by Gasteiger charge is -2.15. The predicted molar refractivity (Wildman–Crippen MR) is 102 cm³/mol. The number of hydrogen-bond donors (Lipinski definition) is 2. The van der Waals surface area contributed by atoms with Crippen LogP contribution < -0.4 is 10.6 Å². The van der Waals surface area contributed by atoms with Crippen LogP contribution in [0.25, 0.3) is 0 Å². The molecule has 0 radical (unpaired) electrons. The van der Waals surface area contributed by atoms with Crippen molar-refractivity contribution in [3.05, 3.63) is 51.2 Å². The Morgan fingerprint density at radius 2 is 1.88 bits per heavy atom. The van der Waals surface area contributed by atoms with Crippen molar-refractivity contribution >= 4 is 46.3 Å². The number of thiophene rings is 1. The number of halogens is 1. The zero-order valence-corrected chi connectivity index (χ0v) is 15.5. The van der Waals surface area contributed by atoms with E-state index in [2.05, 4.69) is 10.6 Å². The molecule has 0 bridgehead atoms. The Morgan fingerprint density at radius 3 is 2.58 bits per heavy atom. The summed E-state index contributed by atoms with van der Waals surface area (Å²) in [5.41, 5.74) is 0.675. The molecular formula is C18H18ClN3O3S. The van der Waals surface area contributed by atoms with Crippen molar-refractivity contribution in [1.29, 1.82) is 0 Å². The van der Waals surface area contributed by atoms with Gasteiger partial charge in [-0.2, -0.15) is 0 Å². The lowest BCUT2D eigenvalue weighted by Crippen LogP contribution is -2.38. The van der Waals surface area contributed by atoms with Gasteiger partial charge in [0.1, 0.15) is 0 Å². The van der Waals surface area contributed by atoms with Crippen molar-refractivity contribution in [3.63, 3.8) is 0 Å². The minimum absolute atomic E-state index is 0.0433. The summed E-state index contributed by atoms with van der Waals surface area (Å²) >= 11 is 7.43. The number of benzene rings is 1. The van der Waals surface area contributed by atoms with Gasteiger partial charge in [0.15, 0.2) is 0 Å². The topological polar surface area (TPSA) is 78.5 Å². The highest BCUT2D eigenvalue weighted by Gasteiger charge is 2.19. The number of nitrogens with one attached hydrogen (secondary N) is 2. The summed E-state index contributed by atoms with van der Waals surface area (Å²) in [5.74, 6) is -0.763. The number of carbonyl (C=O) groups is 3. The van der Waals surface area contributed by atoms with Crippen LogP contribution in [0.2, 0.25) is 5.02 Å². The van der Waals surface area contributed by atoms with Crippen LogP contribution in [-0.4, -0.2) is 42.3 Å². The number of carbonyl (C=O) groups excluding carboxylic acids is 3. The van der Waals surface area contributed by atoms with E-state index in [1.54, 1.807) is 34.5 Å². The second kappa shape index (κ2) is 8.33. The van der Waals surface area contributed by atoms with Crippen LogP contribution in [0.15, 0.2) is 35.7 Å². The van der Waals surface area contributed by atoms with E-state index in [1.165, 1.54) is 17.4 Å². The Kier molecular flexibility index (Phi) is 5.90. The SMILES string of the molecule is O=C(NCC(=O)N1CCCC1)c1ccc(Cl)c(NC(=O)c2cccs2)c1. The minimum Gasteiger partial charge on any atom is -0.343 e. The third-order valence-electron chi connectivity index (χ3n) is 4.08.